The van der Waals surface area contributed by atoms with Crippen molar-refractivity contribution >= 4 is 29.7 Å². The Balaban J connectivity index is 0.00000576. The number of amides is 1. The van der Waals surface area contributed by atoms with Gasteiger partial charge in [-0.15, -0.1) is 12.4 Å². The number of nitrogens with two attached hydrogens (primary N) is 1. The first-order valence-electron chi connectivity index (χ1n) is 7.23. The number of halogens is 4. The minimum absolute atomic E-state index is 0. The number of hydrogen-bond donors (Lipinski definition) is 3. The summed E-state index contributed by atoms with van der Waals surface area (Å²) >= 11 is 0. The summed E-state index contributed by atoms with van der Waals surface area (Å²) in [6, 6.07) is 2.15. The molecule has 0 aliphatic carbocycles. The van der Waals surface area contributed by atoms with E-state index in [0.29, 0.717) is 19.0 Å². The van der Waals surface area contributed by atoms with E-state index >= 15 is 0 Å². The maximum absolute atomic E-state index is 12.6. The van der Waals surface area contributed by atoms with E-state index < -0.39 is 22.4 Å². The molecule has 142 valence electrons. The Kier molecular flexibility index (Phi) is 9.21. The van der Waals surface area contributed by atoms with Crippen molar-refractivity contribution in [1.29, 1.82) is 0 Å². The number of carbonyl (C=O) groups excluding carboxylic acids is 1. The van der Waals surface area contributed by atoms with Gasteiger partial charge in [0.25, 0.3) is 5.69 Å². The zero-order valence-electron chi connectivity index (χ0n) is 13.4. The molecule has 0 spiro atoms. The molecule has 0 aromatic heterocycles. The number of nitrogens with one attached hydrogen (secondary N) is 2. The summed E-state index contributed by atoms with van der Waals surface area (Å²) in [5.74, 6) is -0.280. The second-order valence-corrected chi connectivity index (χ2v) is 5.28. The Morgan fingerprint density at radius 3 is 2.52 bits per heavy atom. The summed E-state index contributed by atoms with van der Waals surface area (Å²) in [6.07, 6.45) is -4.02. The molecule has 0 fully saturated rings. The molecule has 0 aliphatic rings. The van der Waals surface area contributed by atoms with Gasteiger partial charge >= 0.3 is 6.18 Å². The Morgan fingerprint density at radius 1 is 1.36 bits per heavy atom. The lowest BCUT2D eigenvalue weighted by Gasteiger charge is -2.11. The number of alkyl halides is 3. The second-order valence-electron chi connectivity index (χ2n) is 5.28. The van der Waals surface area contributed by atoms with Crippen LogP contribution in [0, 0.1) is 10.1 Å². The average molecular weight is 385 g/mol. The van der Waals surface area contributed by atoms with Crippen LogP contribution in [-0.2, 0) is 11.0 Å². The average Bonchev–Trinajstić information content (AvgIpc) is 2.45. The number of anilines is 1. The summed E-state index contributed by atoms with van der Waals surface area (Å²) < 4.78 is 37.8. The van der Waals surface area contributed by atoms with Gasteiger partial charge in [0.05, 0.1) is 10.5 Å². The van der Waals surface area contributed by atoms with Gasteiger partial charge in [-0.05, 0) is 25.5 Å². The third-order valence-electron chi connectivity index (χ3n) is 3.11. The van der Waals surface area contributed by atoms with Crippen molar-refractivity contribution in [3.63, 3.8) is 0 Å². The van der Waals surface area contributed by atoms with E-state index in [1.807, 2.05) is 0 Å². The van der Waals surface area contributed by atoms with Crippen molar-refractivity contribution in [1.82, 2.24) is 5.32 Å². The van der Waals surface area contributed by atoms with Crippen molar-refractivity contribution in [2.24, 2.45) is 5.73 Å². The van der Waals surface area contributed by atoms with Crippen LogP contribution in [0.3, 0.4) is 0 Å². The van der Waals surface area contributed by atoms with Crippen LogP contribution in [-0.4, -0.2) is 30.0 Å². The van der Waals surface area contributed by atoms with Crippen LogP contribution >= 0.6 is 12.4 Å². The fourth-order valence-corrected chi connectivity index (χ4v) is 1.85. The molecule has 1 aromatic carbocycles. The van der Waals surface area contributed by atoms with Gasteiger partial charge in [0, 0.05) is 31.6 Å². The lowest BCUT2D eigenvalue weighted by atomic mass is 10.1. The Hall–Kier alpha value is -2.07. The van der Waals surface area contributed by atoms with Crippen LogP contribution in [0.15, 0.2) is 18.2 Å². The zero-order chi connectivity index (χ0) is 18.3. The monoisotopic (exact) mass is 384 g/mol. The number of benzene rings is 1. The molecule has 1 aromatic rings. The van der Waals surface area contributed by atoms with Crippen molar-refractivity contribution in [3.05, 3.63) is 33.9 Å². The first-order chi connectivity index (χ1) is 11.1. The number of carbonyl (C=O) groups is 1. The van der Waals surface area contributed by atoms with E-state index in [9.17, 15) is 28.1 Å². The number of hydrogen-bond acceptors (Lipinski definition) is 5. The van der Waals surface area contributed by atoms with E-state index in [1.165, 1.54) is 0 Å². The molecule has 7 nitrogen and oxygen atoms in total. The van der Waals surface area contributed by atoms with Gasteiger partial charge in [-0.1, -0.05) is 0 Å². The minimum Gasteiger partial charge on any atom is -0.379 e. The lowest BCUT2D eigenvalue weighted by molar-refractivity contribution is -0.384. The molecule has 0 heterocycles. The fraction of sp³-hybridized carbons (Fsp3) is 0.500. The molecule has 4 N–H and O–H groups in total. The highest BCUT2D eigenvalue weighted by Crippen LogP contribution is 2.34. The second kappa shape index (κ2) is 10.0. The minimum atomic E-state index is -4.66. The summed E-state index contributed by atoms with van der Waals surface area (Å²) in [5.41, 5.74) is 3.67. The maximum atomic E-state index is 12.6. The summed E-state index contributed by atoms with van der Waals surface area (Å²) in [7, 11) is 0. The van der Waals surface area contributed by atoms with Crippen LogP contribution < -0.4 is 16.4 Å². The first kappa shape index (κ1) is 22.9. The molecule has 0 radical (unpaired) electrons. The summed E-state index contributed by atoms with van der Waals surface area (Å²) in [6.45, 7) is 2.27. The van der Waals surface area contributed by atoms with Crippen molar-refractivity contribution in [2.45, 2.75) is 32.0 Å². The Bertz CT molecular complexity index is 597. The van der Waals surface area contributed by atoms with Gasteiger partial charge in [-0.2, -0.15) is 13.2 Å². The number of rotatable bonds is 8. The number of nitro benzene ring substituents is 1. The molecule has 0 aliphatic heterocycles. The quantitative estimate of drug-likeness (QED) is 0.471. The van der Waals surface area contributed by atoms with Crippen molar-refractivity contribution in [2.75, 3.05) is 18.4 Å². The Labute approximate surface area is 148 Å². The van der Waals surface area contributed by atoms with Crippen LogP contribution in [0.4, 0.5) is 24.5 Å². The van der Waals surface area contributed by atoms with E-state index in [-0.39, 0.29) is 43.0 Å². The molecule has 1 rings (SSSR count). The summed E-state index contributed by atoms with van der Waals surface area (Å²) in [5, 5.41) is 16.1. The first-order valence-corrected chi connectivity index (χ1v) is 7.23. The predicted octanol–water partition coefficient (Wildman–Crippen LogP) is 2.69. The molecular weight excluding hydrogens is 365 g/mol. The van der Waals surface area contributed by atoms with Crippen LogP contribution in [0.5, 0.6) is 0 Å². The topological polar surface area (TPSA) is 110 Å². The van der Waals surface area contributed by atoms with E-state index in [2.05, 4.69) is 10.6 Å². The third kappa shape index (κ3) is 8.03. The van der Waals surface area contributed by atoms with Gasteiger partial charge in [-0.25, -0.2) is 0 Å². The zero-order valence-corrected chi connectivity index (χ0v) is 14.2. The third-order valence-corrected chi connectivity index (χ3v) is 3.11. The van der Waals surface area contributed by atoms with Crippen LogP contribution in [0.1, 0.15) is 25.3 Å². The number of nitrogens with zero attached hydrogens (tertiary/aromatic N) is 1. The highest BCUT2D eigenvalue weighted by molar-refractivity contribution is 5.85. The lowest BCUT2D eigenvalue weighted by Crippen LogP contribution is -2.30. The number of nitro groups is 1. The van der Waals surface area contributed by atoms with Gasteiger partial charge in [-0.3, -0.25) is 14.9 Å². The molecule has 0 saturated carbocycles. The molecule has 25 heavy (non-hydrogen) atoms. The highest BCUT2D eigenvalue weighted by Gasteiger charge is 2.33. The predicted molar refractivity (Wildman–Crippen MR) is 89.7 cm³/mol. The van der Waals surface area contributed by atoms with E-state index in [0.717, 1.165) is 12.1 Å². The van der Waals surface area contributed by atoms with E-state index in [4.69, 9.17) is 5.73 Å². The molecule has 0 saturated heterocycles. The summed E-state index contributed by atoms with van der Waals surface area (Å²) in [4.78, 5) is 21.6. The SMILES string of the molecule is CC(N)CCNC(=O)CCNc1ccc(C(F)(F)F)cc1[N+](=O)[O-].Cl. The standard InChI is InChI=1S/C14H19F3N4O3.ClH/c1-9(18)4-6-20-13(22)5-7-19-11-3-2-10(14(15,16)17)8-12(11)21(23)24;/h2-3,8-9,19H,4-7,18H2,1H3,(H,20,22);1H. The largest absolute Gasteiger partial charge is 0.416 e. The molecule has 1 amide bonds. The van der Waals surface area contributed by atoms with E-state index in [1.54, 1.807) is 6.92 Å². The normalized spacial score (nSPS) is 12.0. The highest BCUT2D eigenvalue weighted by atomic mass is 35.5. The molecule has 1 unspecified atom stereocenters. The molecule has 0 bridgehead atoms. The molecule has 1 atom stereocenters. The van der Waals surface area contributed by atoms with Gasteiger partial charge in [0.15, 0.2) is 0 Å². The maximum Gasteiger partial charge on any atom is 0.416 e. The molecule has 11 heteroatoms. The van der Waals surface area contributed by atoms with Crippen molar-refractivity contribution in [3.8, 4) is 0 Å². The fourth-order valence-electron chi connectivity index (χ4n) is 1.85. The van der Waals surface area contributed by atoms with Crippen LogP contribution in [0.25, 0.3) is 0 Å². The smallest absolute Gasteiger partial charge is 0.379 e. The molecular formula is C14H20ClF3N4O3. The van der Waals surface area contributed by atoms with Gasteiger partial charge in [0.2, 0.25) is 5.91 Å². The Morgan fingerprint density at radius 2 is 2.00 bits per heavy atom. The van der Waals surface area contributed by atoms with Crippen LogP contribution in [0.2, 0.25) is 0 Å². The van der Waals surface area contributed by atoms with Gasteiger partial charge in [0.1, 0.15) is 5.69 Å². The van der Waals surface area contributed by atoms with Gasteiger partial charge < -0.3 is 16.4 Å². The van der Waals surface area contributed by atoms with Crippen molar-refractivity contribution < 1.29 is 22.9 Å².